The minimum atomic E-state index is -2.34. The molecule has 4 fully saturated rings. The maximum absolute atomic E-state index is 14.0. The number of anilines is 1. The number of amides is 1. The van der Waals surface area contributed by atoms with Crippen molar-refractivity contribution in [1.82, 2.24) is 9.97 Å². The van der Waals surface area contributed by atoms with Crippen LogP contribution in [0.3, 0.4) is 0 Å². The third kappa shape index (κ3) is 4.69. The molecular weight excluding hydrogens is 668 g/mol. The maximum atomic E-state index is 14.0. The Bertz CT molecular complexity index is 1710. The van der Waals surface area contributed by atoms with Crippen LogP contribution < -0.4 is 26.5 Å². The van der Waals surface area contributed by atoms with E-state index in [1.807, 2.05) is 18.2 Å². The molecule has 218 valence electrons. The van der Waals surface area contributed by atoms with Gasteiger partial charge in [0.25, 0.3) is 0 Å². The van der Waals surface area contributed by atoms with Crippen LogP contribution >= 0.6 is 0 Å². The molecule has 3 aromatic carbocycles. The summed E-state index contributed by atoms with van der Waals surface area (Å²) in [6, 6.07) is 11.5. The Morgan fingerprint density at radius 2 is 1.38 bits per heavy atom. The number of hydrogen-bond donors (Lipinski definition) is 2. The second kappa shape index (κ2) is 10.1. The van der Waals surface area contributed by atoms with E-state index in [4.69, 9.17) is 0 Å². The number of alkyl halides is 1. The Morgan fingerprint density at radius 3 is 1.98 bits per heavy atom. The monoisotopic (exact) mass is 692 g/mol. The van der Waals surface area contributed by atoms with Crippen molar-refractivity contribution in [2.45, 2.75) is 41.9 Å². The van der Waals surface area contributed by atoms with Crippen LogP contribution in [0, 0.1) is 46.8 Å². The quantitative estimate of drug-likeness (QED) is 0.0788. The first-order valence-electron chi connectivity index (χ1n) is 13.7. The number of H-pyrrole nitrogens is 1. The number of fused-ring (bicyclic) bond motifs is 1. The number of imidazole rings is 1. The van der Waals surface area contributed by atoms with Gasteiger partial charge in [0.05, 0.1) is 0 Å². The molecule has 0 radical (unpaired) electrons. The predicted octanol–water partition coefficient (Wildman–Crippen LogP) is 4.38. The first-order chi connectivity index (χ1) is 20.1. The van der Waals surface area contributed by atoms with E-state index in [0.29, 0.717) is 28.0 Å². The fourth-order valence-corrected chi connectivity index (χ4v) is 11.6. The number of halogens is 6. The Kier molecular flexibility index (Phi) is 6.63. The molecular formula is C31H24F5IN3O2-. The van der Waals surface area contributed by atoms with E-state index in [1.54, 1.807) is 12.1 Å². The SMILES string of the molecule is O=C([I-]C12CC3CC(CC(C3)C1)C2)c1ccc2nc(-c3ccc(NC(=O)c4c(F)c(F)c(F)c(F)c4F)cc3)[nH]c2c1. The first kappa shape index (κ1) is 27.5. The molecule has 2 N–H and O–H groups in total. The molecule has 0 atom stereocenters. The molecule has 4 bridgehead atoms. The van der Waals surface area contributed by atoms with Crippen LogP contribution in [0.5, 0.6) is 0 Å². The van der Waals surface area contributed by atoms with Gasteiger partial charge in [0.1, 0.15) is 5.56 Å². The molecule has 1 heterocycles. The Morgan fingerprint density at radius 1 is 0.810 bits per heavy atom. The molecule has 4 saturated carbocycles. The Labute approximate surface area is 247 Å². The summed E-state index contributed by atoms with van der Waals surface area (Å²) in [6.45, 7) is 0. The molecule has 42 heavy (non-hydrogen) atoms. The number of hydrogen-bond acceptors (Lipinski definition) is 3. The zero-order valence-corrected chi connectivity index (χ0v) is 24.2. The average molecular weight is 692 g/mol. The zero-order valence-electron chi connectivity index (χ0n) is 22.0. The van der Waals surface area contributed by atoms with Crippen molar-refractivity contribution in [3.05, 3.63) is 82.7 Å². The summed E-state index contributed by atoms with van der Waals surface area (Å²) in [5, 5.41) is 2.15. The van der Waals surface area contributed by atoms with Crippen LogP contribution in [0.25, 0.3) is 22.4 Å². The Hall–Kier alpha value is -3.35. The molecule has 0 unspecified atom stereocenters. The molecule has 4 aromatic rings. The third-order valence-electron chi connectivity index (χ3n) is 8.81. The average Bonchev–Trinajstić information content (AvgIpc) is 3.38. The van der Waals surface area contributed by atoms with E-state index in [1.165, 1.54) is 50.7 Å². The predicted molar refractivity (Wildman–Crippen MR) is 141 cm³/mol. The van der Waals surface area contributed by atoms with E-state index >= 15 is 0 Å². The molecule has 4 aliphatic carbocycles. The molecule has 5 nitrogen and oxygen atoms in total. The second-order valence-electron chi connectivity index (χ2n) is 11.7. The number of rotatable bonds is 6. The summed E-state index contributed by atoms with van der Waals surface area (Å²) in [5.41, 5.74) is 1.23. The van der Waals surface area contributed by atoms with Crippen molar-refractivity contribution in [1.29, 1.82) is 0 Å². The molecule has 11 heteroatoms. The third-order valence-corrected chi connectivity index (χ3v) is 12.4. The number of nitrogens with one attached hydrogen (secondary N) is 2. The molecule has 4 aliphatic rings. The molecule has 0 aliphatic heterocycles. The molecule has 1 amide bonds. The number of aromatic amines is 1. The van der Waals surface area contributed by atoms with Gasteiger partial charge >= 0.3 is 187 Å². The standard InChI is InChI=1S/C31H24F5IN3O2/c32-23-22(24(33)26(35)27(36)25(23)34)30(42)38-19-4-1-17(2-5-19)29-39-20-6-3-18(10-21(20)40-29)28(41)37-31-11-14-7-15(12-31)9-16(8-14)13-31/h1-6,10,14-16H,7-9,11-13H2,(H,38,42)(H,39,40)/q-1. The van der Waals surface area contributed by atoms with Crippen molar-refractivity contribution in [2.75, 3.05) is 5.32 Å². The normalized spacial score (nSPS) is 24.5. The molecule has 0 spiro atoms. The van der Waals surface area contributed by atoms with Gasteiger partial charge in [-0.1, -0.05) is 0 Å². The topological polar surface area (TPSA) is 74.8 Å². The summed E-state index contributed by atoms with van der Waals surface area (Å²) in [4.78, 5) is 33.6. The second-order valence-corrected chi connectivity index (χ2v) is 15.5. The van der Waals surface area contributed by atoms with Gasteiger partial charge in [-0.2, -0.15) is 0 Å². The van der Waals surface area contributed by atoms with Crippen molar-refractivity contribution < 1.29 is 52.7 Å². The van der Waals surface area contributed by atoms with E-state index in [2.05, 4.69) is 15.3 Å². The van der Waals surface area contributed by atoms with Crippen LogP contribution in [0.15, 0.2) is 42.5 Å². The van der Waals surface area contributed by atoms with Gasteiger partial charge in [-0.3, -0.25) is 4.79 Å². The fraction of sp³-hybridized carbons (Fsp3) is 0.323. The fourth-order valence-electron chi connectivity index (χ4n) is 7.34. The van der Waals surface area contributed by atoms with Crippen molar-refractivity contribution in [3.8, 4) is 11.4 Å². The molecule has 1 aromatic heterocycles. The number of aromatic nitrogens is 2. The van der Waals surface area contributed by atoms with E-state index in [-0.39, 0.29) is 12.9 Å². The zero-order chi connectivity index (χ0) is 29.3. The summed E-state index contributed by atoms with van der Waals surface area (Å²) < 4.78 is 68.8. The number of nitrogens with zero attached hydrogens (tertiary/aromatic N) is 1. The van der Waals surface area contributed by atoms with Crippen LogP contribution in [0.4, 0.5) is 27.6 Å². The van der Waals surface area contributed by atoms with E-state index in [9.17, 15) is 31.5 Å². The van der Waals surface area contributed by atoms with Crippen LogP contribution in [-0.2, 0) is 0 Å². The van der Waals surface area contributed by atoms with E-state index < -0.39 is 61.8 Å². The summed E-state index contributed by atoms with van der Waals surface area (Å²) >= 11 is -0.645. The molecule has 0 saturated heterocycles. The first-order valence-corrected chi connectivity index (χ1v) is 15.9. The van der Waals surface area contributed by atoms with Crippen LogP contribution in [0.1, 0.15) is 59.2 Å². The van der Waals surface area contributed by atoms with Gasteiger partial charge in [0.15, 0.2) is 23.3 Å². The van der Waals surface area contributed by atoms with Crippen LogP contribution in [-0.4, -0.2) is 23.1 Å². The number of carbonyl (C=O) groups is 2. The number of benzene rings is 3. The van der Waals surface area contributed by atoms with Crippen molar-refractivity contribution >= 4 is 26.4 Å². The van der Waals surface area contributed by atoms with Gasteiger partial charge < -0.3 is 0 Å². The van der Waals surface area contributed by atoms with Gasteiger partial charge in [-0.05, 0) is 0 Å². The van der Waals surface area contributed by atoms with E-state index in [0.717, 1.165) is 17.8 Å². The summed E-state index contributed by atoms with van der Waals surface area (Å²) in [6.07, 6.45) is 7.68. The minimum absolute atomic E-state index is 0.0743. The van der Waals surface area contributed by atoms with Gasteiger partial charge in [-0.25, -0.2) is 22.0 Å². The summed E-state index contributed by atoms with van der Waals surface area (Å²) in [7, 11) is 0. The van der Waals surface area contributed by atoms with Crippen LogP contribution in [0.2, 0.25) is 0 Å². The van der Waals surface area contributed by atoms with Gasteiger partial charge in [0.2, 0.25) is 5.82 Å². The van der Waals surface area contributed by atoms with Gasteiger partial charge in [-0.15, -0.1) is 0 Å². The van der Waals surface area contributed by atoms with Crippen molar-refractivity contribution in [3.63, 3.8) is 0 Å². The Balaban J connectivity index is 1.07. The number of carbonyl (C=O) groups excluding carboxylic acids is 2. The van der Waals surface area contributed by atoms with Crippen molar-refractivity contribution in [2.24, 2.45) is 17.8 Å². The van der Waals surface area contributed by atoms with Gasteiger partial charge in [0, 0.05) is 0 Å². The molecule has 8 rings (SSSR count). The summed E-state index contributed by atoms with van der Waals surface area (Å²) in [5.74, 6) is -9.71.